The number of aromatic nitrogens is 2. The van der Waals surface area contributed by atoms with Gasteiger partial charge in [0.05, 0.1) is 6.10 Å². The molecule has 0 amide bonds. The zero-order valence-corrected chi connectivity index (χ0v) is 10.7. The molecule has 1 saturated heterocycles. The quantitative estimate of drug-likeness (QED) is 0.857. The second-order valence-corrected chi connectivity index (χ2v) is 4.29. The molecule has 1 aromatic heterocycles. The van der Waals surface area contributed by atoms with Crippen molar-refractivity contribution >= 4 is 11.6 Å². The molecule has 2 heterocycles. The van der Waals surface area contributed by atoms with Gasteiger partial charge in [-0.1, -0.05) is 0 Å². The van der Waals surface area contributed by atoms with Crippen molar-refractivity contribution in [1.82, 2.24) is 9.97 Å². The van der Waals surface area contributed by atoms with Gasteiger partial charge in [-0.05, 0) is 20.3 Å². The van der Waals surface area contributed by atoms with E-state index < -0.39 is 0 Å². The number of nitrogens with zero attached hydrogens (tertiary/aromatic N) is 3. The molecule has 1 aliphatic rings. The SMILES string of the molecule is CCNc1ncnc(N2CCC(OC)C2)c1C. The summed E-state index contributed by atoms with van der Waals surface area (Å²) >= 11 is 0. The molecule has 1 atom stereocenters. The Morgan fingerprint density at radius 3 is 3.00 bits per heavy atom. The topological polar surface area (TPSA) is 50.3 Å². The molecule has 0 bridgehead atoms. The first-order valence-corrected chi connectivity index (χ1v) is 6.09. The Balaban J connectivity index is 2.18. The normalized spacial score (nSPS) is 19.7. The van der Waals surface area contributed by atoms with E-state index in [0.717, 1.165) is 43.3 Å². The van der Waals surface area contributed by atoms with Crippen molar-refractivity contribution in [3.05, 3.63) is 11.9 Å². The predicted molar refractivity (Wildman–Crippen MR) is 68.6 cm³/mol. The van der Waals surface area contributed by atoms with Crippen LogP contribution in [0.1, 0.15) is 18.9 Å². The summed E-state index contributed by atoms with van der Waals surface area (Å²) in [5.41, 5.74) is 1.12. The lowest BCUT2D eigenvalue weighted by Gasteiger charge is -2.20. The number of ether oxygens (including phenoxy) is 1. The third-order valence-corrected chi connectivity index (χ3v) is 3.18. The van der Waals surface area contributed by atoms with Crippen LogP contribution >= 0.6 is 0 Å². The summed E-state index contributed by atoms with van der Waals surface area (Å²) in [7, 11) is 1.77. The van der Waals surface area contributed by atoms with Gasteiger partial charge < -0.3 is 15.0 Å². The minimum Gasteiger partial charge on any atom is -0.380 e. The highest BCUT2D eigenvalue weighted by Gasteiger charge is 2.24. The lowest BCUT2D eigenvalue weighted by atomic mass is 10.3. The molecule has 0 radical (unpaired) electrons. The van der Waals surface area contributed by atoms with E-state index in [0.29, 0.717) is 6.10 Å². The zero-order valence-electron chi connectivity index (χ0n) is 10.7. The minimum atomic E-state index is 0.326. The van der Waals surface area contributed by atoms with E-state index in [-0.39, 0.29) is 0 Å². The van der Waals surface area contributed by atoms with E-state index in [9.17, 15) is 0 Å². The second-order valence-electron chi connectivity index (χ2n) is 4.29. The van der Waals surface area contributed by atoms with Gasteiger partial charge in [0.2, 0.25) is 0 Å². The highest BCUT2D eigenvalue weighted by atomic mass is 16.5. The fourth-order valence-electron chi connectivity index (χ4n) is 2.22. The maximum atomic E-state index is 5.38. The highest BCUT2D eigenvalue weighted by molar-refractivity contribution is 5.58. The fraction of sp³-hybridized carbons (Fsp3) is 0.667. The number of anilines is 2. The van der Waals surface area contributed by atoms with Crippen LogP contribution in [0.2, 0.25) is 0 Å². The van der Waals surface area contributed by atoms with Crippen LogP contribution in [0.4, 0.5) is 11.6 Å². The first kappa shape index (κ1) is 12.1. The molecule has 2 rings (SSSR count). The maximum absolute atomic E-state index is 5.38. The van der Waals surface area contributed by atoms with Crippen LogP contribution < -0.4 is 10.2 Å². The van der Waals surface area contributed by atoms with Gasteiger partial charge in [-0.25, -0.2) is 9.97 Å². The van der Waals surface area contributed by atoms with Gasteiger partial charge in [0.1, 0.15) is 18.0 Å². The van der Waals surface area contributed by atoms with Crippen molar-refractivity contribution in [3.63, 3.8) is 0 Å². The minimum absolute atomic E-state index is 0.326. The molecule has 0 aromatic carbocycles. The molecule has 0 spiro atoms. The molecular weight excluding hydrogens is 216 g/mol. The number of nitrogens with one attached hydrogen (secondary N) is 1. The lowest BCUT2D eigenvalue weighted by molar-refractivity contribution is 0.121. The van der Waals surface area contributed by atoms with Gasteiger partial charge in [0.15, 0.2) is 0 Å². The van der Waals surface area contributed by atoms with Crippen LogP contribution in [0.15, 0.2) is 6.33 Å². The largest absolute Gasteiger partial charge is 0.380 e. The van der Waals surface area contributed by atoms with Crippen molar-refractivity contribution in [1.29, 1.82) is 0 Å². The second kappa shape index (κ2) is 5.31. The Kier molecular flexibility index (Phi) is 3.78. The van der Waals surface area contributed by atoms with Gasteiger partial charge in [0.25, 0.3) is 0 Å². The van der Waals surface area contributed by atoms with E-state index in [4.69, 9.17) is 4.74 Å². The van der Waals surface area contributed by atoms with E-state index in [1.165, 1.54) is 0 Å². The molecule has 1 aliphatic heterocycles. The van der Waals surface area contributed by atoms with Crippen molar-refractivity contribution in [3.8, 4) is 0 Å². The number of methoxy groups -OCH3 is 1. The Labute approximate surface area is 102 Å². The van der Waals surface area contributed by atoms with E-state index in [1.807, 2.05) is 0 Å². The van der Waals surface area contributed by atoms with Crippen LogP contribution in [0.3, 0.4) is 0 Å². The standard InChI is InChI=1S/C12H20N4O/c1-4-13-11-9(2)12(15-8-14-11)16-6-5-10(7-16)17-3/h8,10H,4-7H2,1-3H3,(H,13,14,15). The average Bonchev–Trinajstić information content (AvgIpc) is 2.80. The van der Waals surface area contributed by atoms with Crippen molar-refractivity contribution in [2.75, 3.05) is 37.0 Å². The number of hydrogen-bond donors (Lipinski definition) is 1. The molecule has 0 saturated carbocycles. The van der Waals surface area contributed by atoms with E-state index in [2.05, 4.69) is 34.0 Å². The third-order valence-electron chi connectivity index (χ3n) is 3.18. The summed E-state index contributed by atoms with van der Waals surface area (Å²) in [5.74, 6) is 1.95. The monoisotopic (exact) mass is 236 g/mol. The van der Waals surface area contributed by atoms with Gasteiger partial charge >= 0.3 is 0 Å². The van der Waals surface area contributed by atoms with Gasteiger partial charge in [-0.15, -0.1) is 0 Å². The molecule has 17 heavy (non-hydrogen) atoms. The third kappa shape index (κ3) is 2.49. The summed E-state index contributed by atoms with van der Waals surface area (Å²) in [6.07, 6.45) is 3.02. The molecule has 94 valence electrons. The summed E-state index contributed by atoms with van der Waals surface area (Å²) in [6.45, 7) is 6.92. The molecule has 5 heteroatoms. The Bertz CT molecular complexity index is 383. The first-order valence-electron chi connectivity index (χ1n) is 6.09. The van der Waals surface area contributed by atoms with E-state index >= 15 is 0 Å². The van der Waals surface area contributed by atoms with Crippen molar-refractivity contribution in [2.45, 2.75) is 26.4 Å². The van der Waals surface area contributed by atoms with E-state index in [1.54, 1.807) is 13.4 Å². The maximum Gasteiger partial charge on any atom is 0.137 e. The molecule has 1 fully saturated rings. The molecular formula is C12H20N4O. The summed E-state index contributed by atoms with van der Waals surface area (Å²) in [4.78, 5) is 10.9. The van der Waals surface area contributed by atoms with Crippen molar-refractivity contribution in [2.24, 2.45) is 0 Å². The molecule has 0 aliphatic carbocycles. The van der Waals surface area contributed by atoms with Crippen LogP contribution in [-0.2, 0) is 4.74 Å². The summed E-state index contributed by atoms with van der Waals surface area (Å²) < 4.78 is 5.38. The van der Waals surface area contributed by atoms with Crippen molar-refractivity contribution < 1.29 is 4.74 Å². The van der Waals surface area contributed by atoms with Crippen LogP contribution in [0.5, 0.6) is 0 Å². The first-order chi connectivity index (χ1) is 8.26. The van der Waals surface area contributed by atoms with Gasteiger partial charge in [-0.3, -0.25) is 0 Å². The van der Waals surface area contributed by atoms with Gasteiger partial charge in [-0.2, -0.15) is 0 Å². The molecule has 1 unspecified atom stereocenters. The molecule has 1 N–H and O–H groups in total. The summed E-state index contributed by atoms with van der Waals surface area (Å²) in [5, 5.41) is 3.26. The number of hydrogen-bond acceptors (Lipinski definition) is 5. The molecule has 1 aromatic rings. The van der Waals surface area contributed by atoms with Crippen LogP contribution in [0.25, 0.3) is 0 Å². The molecule has 5 nitrogen and oxygen atoms in total. The lowest BCUT2D eigenvalue weighted by Crippen LogP contribution is -2.24. The van der Waals surface area contributed by atoms with Crippen LogP contribution in [0, 0.1) is 6.92 Å². The fourth-order valence-corrected chi connectivity index (χ4v) is 2.22. The Hall–Kier alpha value is -1.36. The predicted octanol–water partition coefficient (Wildman–Crippen LogP) is 1.44. The highest BCUT2D eigenvalue weighted by Crippen LogP contribution is 2.25. The average molecular weight is 236 g/mol. The Morgan fingerprint density at radius 1 is 1.53 bits per heavy atom. The smallest absolute Gasteiger partial charge is 0.137 e. The number of rotatable bonds is 4. The Morgan fingerprint density at radius 2 is 2.35 bits per heavy atom. The zero-order chi connectivity index (χ0) is 12.3. The summed E-state index contributed by atoms with van der Waals surface area (Å²) in [6, 6.07) is 0. The van der Waals surface area contributed by atoms with Gasteiger partial charge in [0, 0.05) is 32.3 Å². The van der Waals surface area contributed by atoms with Crippen LogP contribution in [-0.4, -0.2) is 42.8 Å².